The van der Waals surface area contributed by atoms with Gasteiger partial charge in [0.25, 0.3) is 17.3 Å². The molecular formula is C16H9FN4O5S. The number of thiazole rings is 1. The van der Waals surface area contributed by atoms with Gasteiger partial charge in [-0.1, -0.05) is 0 Å². The van der Waals surface area contributed by atoms with Crippen LogP contribution in [-0.2, 0) is 0 Å². The monoisotopic (exact) mass is 388 g/mol. The van der Waals surface area contributed by atoms with Crippen LogP contribution in [0.1, 0.15) is 10.4 Å². The average molecular weight is 388 g/mol. The van der Waals surface area contributed by atoms with Crippen molar-refractivity contribution in [2.75, 3.05) is 5.32 Å². The Bertz CT molecular complexity index is 1050. The minimum absolute atomic E-state index is 0.173. The average Bonchev–Trinajstić information content (AvgIpc) is 3.10. The lowest BCUT2D eigenvalue weighted by Gasteiger charge is -2.03. The van der Waals surface area contributed by atoms with Crippen LogP contribution in [0.15, 0.2) is 47.8 Å². The van der Waals surface area contributed by atoms with Crippen molar-refractivity contribution in [2.45, 2.75) is 0 Å². The number of nitro benzene ring substituents is 2. The molecule has 1 amide bonds. The summed E-state index contributed by atoms with van der Waals surface area (Å²) in [6, 6.07) is 8.34. The van der Waals surface area contributed by atoms with Gasteiger partial charge < -0.3 is 0 Å². The van der Waals surface area contributed by atoms with Crippen molar-refractivity contribution in [3.8, 4) is 11.3 Å². The highest BCUT2D eigenvalue weighted by Crippen LogP contribution is 2.28. The first kappa shape index (κ1) is 18.1. The molecule has 11 heteroatoms. The van der Waals surface area contributed by atoms with E-state index in [1.54, 1.807) is 5.38 Å². The number of anilines is 1. The van der Waals surface area contributed by atoms with E-state index in [1.165, 1.54) is 24.3 Å². The Morgan fingerprint density at radius 2 is 1.78 bits per heavy atom. The van der Waals surface area contributed by atoms with Crippen molar-refractivity contribution in [3.63, 3.8) is 0 Å². The lowest BCUT2D eigenvalue weighted by Crippen LogP contribution is -2.14. The second-order valence-corrected chi connectivity index (χ2v) is 6.07. The van der Waals surface area contributed by atoms with Gasteiger partial charge in [-0.15, -0.1) is 11.3 Å². The molecule has 136 valence electrons. The first-order valence-electron chi connectivity index (χ1n) is 7.31. The third-order valence-corrected chi connectivity index (χ3v) is 4.26. The van der Waals surface area contributed by atoms with E-state index in [4.69, 9.17) is 0 Å². The van der Waals surface area contributed by atoms with Gasteiger partial charge in [-0.05, 0) is 30.3 Å². The molecule has 3 rings (SSSR count). The number of nitrogens with zero attached hydrogens (tertiary/aromatic N) is 3. The molecule has 0 aliphatic heterocycles. The van der Waals surface area contributed by atoms with E-state index in [1.807, 2.05) is 0 Å². The van der Waals surface area contributed by atoms with Crippen LogP contribution in [-0.4, -0.2) is 20.7 Å². The van der Waals surface area contributed by atoms with Crippen LogP contribution in [0, 0.1) is 26.0 Å². The van der Waals surface area contributed by atoms with Crippen LogP contribution in [0.2, 0.25) is 0 Å². The van der Waals surface area contributed by atoms with Crippen molar-refractivity contribution in [1.82, 2.24) is 4.98 Å². The Morgan fingerprint density at radius 3 is 2.41 bits per heavy atom. The van der Waals surface area contributed by atoms with Gasteiger partial charge in [0.1, 0.15) is 11.4 Å². The zero-order chi connectivity index (χ0) is 19.6. The summed E-state index contributed by atoms with van der Waals surface area (Å²) in [4.78, 5) is 36.8. The van der Waals surface area contributed by atoms with E-state index in [-0.39, 0.29) is 10.7 Å². The summed E-state index contributed by atoms with van der Waals surface area (Å²) >= 11 is 1.08. The number of hydrogen-bond acceptors (Lipinski definition) is 7. The van der Waals surface area contributed by atoms with E-state index in [0.29, 0.717) is 11.3 Å². The van der Waals surface area contributed by atoms with Crippen LogP contribution >= 0.6 is 11.3 Å². The zero-order valence-corrected chi connectivity index (χ0v) is 14.1. The lowest BCUT2D eigenvalue weighted by molar-refractivity contribution is -0.394. The molecule has 0 fully saturated rings. The van der Waals surface area contributed by atoms with E-state index in [0.717, 1.165) is 29.5 Å². The summed E-state index contributed by atoms with van der Waals surface area (Å²) < 4.78 is 13.0. The smallest absolute Gasteiger partial charge is 0.289 e. The number of hydrogen-bond donors (Lipinski definition) is 1. The standard InChI is InChI=1S/C16H9FN4O5S/c17-10-3-1-9(2-4-10)13-8-27-16(18-13)19-15(22)12-6-5-11(20(23)24)7-14(12)21(25)26/h1-8H,(H,18,19,22). The first-order chi connectivity index (χ1) is 12.8. The maximum atomic E-state index is 13.0. The quantitative estimate of drug-likeness (QED) is 0.519. The molecule has 0 aliphatic rings. The maximum absolute atomic E-state index is 13.0. The van der Waals surface area contributed by atoms with Crippen LogP contribution < -0.4 is 5.32 Å². The molecular weight excluding hydrogens is 379 g/mol. The summed E-state index contributed by atoms with van der Waals surface area (Å²) in [7, 11) is 0. The Balaban J connectivity index is 1.85. The number of nitrogens with one attached hydrogen (secondary N) is 1. The van der Waals surface area contributed by atoms with E-state index < -0.39 is 32.9 Å². The molecule has 0 bridgehead atoms. The van der Waals surface area contributed by atoms with Gasteiger partial charge in [0, 0.05) is 17.0 Å². The molecule has 3 aromatic rings. The molecule has 27 heavy (non-hydrogen) atoms. The summed E-state index contributed by atoms with van der Waals surface area (Å²) in [6.45, 7) is 0. The Hall–Kier alpha value is -3.73. The largest absolute Gasteiger partial charge is 0.298 e. The second-order valence-electron chi connectivity index (χ2n) is 5.21. The zero-order valence-electron chi connectivity index (χ0n) is 13.3. The molecule has 1 aromatic heterocycles. The number of carbonyl (C=O) groups excluding carboxylic acids is 1. The number of aromatic nitrogens is 1. The summed E-state index contributed by atoms with van der Waals surface area (Å²) in [6.07, 6.45) is 0. The van der Waals surface area contributed by atoms with E-state index in [9.17, 15) is 29.4 Å². The highest BCUT2D eigenvalue weighted by atomic mass is 32.1. The molecule has 1 heterocycles. The van der Waals surface area contributed by atoms with Crippen molar-refractivity contribution in [1.29, 1.82) is 0 Å². The molecule has 0 saturated heterocycles. The minimum Gasteiger partial charge on any atom is -0.298 e. The first-order valence-corrected chi connectivity index (χ1v) is 8.19. The summed E-state index contributed by atoms with van der Waals surface area (Å²) in [5.74, 6) is -1.22. The molecule has 0 saturated carbocycles. The number of non-ortho nitro benzene ring substituents is 1. The van der Waals surface area contributed by atoms with Crippen molar-refractivity contribution in [3.05, 3.63) is 79.5 Å². The van der Waals surface area contributed by atoms with E-state index in [2.05, 4.69) is 10.3 Å². The SMILES string of the molecule is O=C(Nc1nc(-c2ccc(F)cc2)cs1)c1ccc([N+](=O)[O-])cc1[N+](=O)[O-]. The van der Waals surface area contributed by atoms with Crippen LogP contribution in [0.5, 0.6) is 0 Å². The third kappa shape index (κ3) is 3.93. The number of rotatable bonds is 5. The molecule has 0 aliphatic carbocycles. The lowest BCUT2D eigenvalue weighted by atomic mass is 10.1. The summed E-state index contributed by atoms with van der Waals surface area (Å²) in [5, 5.41) is 26.1. The molecule has 0 atom stereocenters. The van der Waals surface area contributed by atoms with Gasteiger partial charge in [0.2, 0.25) is 0 Å². The van der Waals surface area contributed by atoms with Crippen molar-refractivity contribution >= 4 is 33.8 Å². The van der Waals surface area contributed by atoms with Crippen LogP contribution in [0.3, 0.4) is 0 Å². The Kier molecular flexibility index (Phi) is 4.86. The molecule has 0 radical (unpaired) electrons. The number of carbonyl (C=O) groups is 1. The Labute approximate surface area is 154 Å². The normalized spacial score (nSPS) is 10.4. The fraction of sp³-hybridized carbons (Fsp3) is 0. The van der Waals surface area contributed by atoms with Crippen LogP contribution in [0.25, 0.3) is 11.3 Å². The molecule has 0 spiro atoms. The molecule has 0 unspecified atom stereocenters. The second kappa shape index (κ2) is 7.25. The van der Waals surface area contributed by atoms with Crippen molar-refractivity contribution in [2.24, 2.45) is 0 Å². The maximum Gasteiger partial charge on any atom is 0.289 e. The topological polar surface area (TPSA) is 128 Å². The molecule has 9 nitrogen and oxygen atoms in total. The van der Waals surface area contributed by atoms with Gasteiger partial charge in [-0.3, -0.25) is 30.3 Å². The number of nitro groups is 2. The van der Waals surface area contributed by atoms with Gasteiger partial charge >= 0.3 is 0 Å². The highest BCUT2D eigenvalue weighted by Gasteiger charge is 2.24. The van der Waals surface area contributed by atoms with E-state index >= 15 is 0 Å². The van der Waals surface area contributed by atoms with Gasteiger partial charge in [-0.25, -0.2) is 9.37 Å². The number of amides is 1. The predicted molar refractivity (Wildman–Crippen MR) is 95.2 cm³/mol. The number of halogens is 1. The molecule has 2 aromatic carbocycles. The summed E-state index contributed by atoms with van der Waals surface area (Å²) in [5.41, 5.74) is -0.379. The number of benzene rings is 2. The highest BCUT2D eigenvalue weighted by molar-refractivity contribution is 7.14. The van der Waals surface area contributed by atoms with Gasteiger partial charge in [0.15, 0.2) is 5.13 Å². The Morgan fingerprint density at radius 1 is 1.07 bits per heavy atom. The minimum atomic E-state index is -0.867. The van der Waals surface area contributed by atoms with Crippen LogP contribution in [0.4, 0.5) is 20.9 Å². The third-order valence-electron chi connectivity index (χ3n) is 3.50. The van der Waals surface area contributed by atoms with Crippen molar-refractivity contribution < 1.29 is 19.0 Å². The fourth-order valence-corrected chi connectivity index (χ4v) is 2.94. The van der Waals surface area contributed by atoms with Gasteiger partial charge in [-0.2, -0.15) is 0 Å². The fourth-order valence-electron chi connectivity index (χ4n) is 2.23. The predicted octanol–water partition coefficient (Wildman–Crippen LogP) is 4.02. The van der Waals surface area contributed by atoms with Gasteiger partial charge in [0.05, 0.1) is 21.6 Å². The molecule has 1 N–H and O–H groups in total.